The number of fused-ring (bicyclic) bond motifs is 7. The lowest BCUT2D eigenvalue weighted by Crippen LogP contribution is -2.47. The summed E-state index contributed by atoms with van der Waals surface area (Å²) in [6.45, 7) is 12.2. The molecule has 8 heteroatoms. The molecule has 43 heavy (non-hydrogen) atoms. The third-order valence-electron chi connectivity index (χ3n) is 8.80. The fourth-order valence-electron chi connectivity index (χ4n) is 6.74. The Balaban J connectivity index is 1.56. The third kappa shape index (κ3) is 4.10. The van der Waals surface area contributed by atoms with E-state index in [9.17, 15) is 4.79 Å². The molecule has 1 aromatic heterocycles. The number of ether oxygens (including phenoxy) is 1. The fourth-order valence-corrected chi connectivity index (χ4v) is 8.31. The minimum Gasteiger partial charge on any atom is -0.456 e. The number of halogens is 1. The first-order valence-electron chi connectivity index (χ1n) is 14.9. The Hall–Kier alpha value is -3.88. The van der Waals surface area contributed by atoms with E-state index >= 15 is 0 Å². The van der Waals surface area contributed by atoms with Gasteiger partial charge in [0.15, 0.2) is 5.13 Å². The number of carbonyl (C=O) groups is 1. The standard InChI is InChI=1S/C35H33BrN4O2S/c1-5-38(6-2)23-14-16-27-30(20-23)42-31-21-24(39(7-3)8-4)15-17-28(31)35(27)26-12-10-9-11-25(26)33(41)40(35)34-37-29-18-13-22(36)19-32(29)43-34/h9-21H,5-8H2,1-4H3. The van der Waals surface area contributed by atoms with Crippen molar-refractivity contribution < 1.29 is 9.53 Å². The van der Waals surface area contributed by atoms with Crippen LogP contribution in [-0.2, 0) is 5.54 Å². The monoisotopic (exact) mass is 652 g/mol. The van der Waals surface area contributed by atoms with Crippen LogP contribution in [0.1, 0.15) is 54.7 Å². The van der Waals surface area contributed by atoms with Crippen LogP contribution in [0.4, 0.5) is 16.5 Å². The second kappa shape index (κ2) is 10.7. The Kier molecular flexibility index (Phi) is 6.94. The first-order chi connectivity index (χ1) is 20.9. The molecule has 1 spiro atoms. The molecule has 0 bridgehead atoms. The number of aromatic nitrogens is 1. The van der Waals surface area contributed by atoms with Gasteiger partial charge in [0.05, 0.1) is 10.2 Å². The number of amides is 1. The molecule has 5 aromatic rings. The van der Waals surface area contributed by atoms with Crippen molar-refractivity contribution in [2.45, 2.75) is 33.2 Å². The largest absolute Gasteiger partial charge is 0.456 e. The molecule has 0 aliphatic carbocycles. The van der Waals surface area contributed by atoms with E-state index in [1.165, 1.54) is 11.3 Å². The van der Waals surface area contributed by atoms with Gasteiger partial charge in [0.1, 0.15) is 17.0 Å². The highest BCUT2D eigenvalue weighted by molar-refractivity contribution is 9.10. The van der Waals surface area contributed by atoms with E-state index in [2.05, 4.69) is 102 Å². The van der Waals surface area contributed by atoms with Gasteiger partial charge in [0.2, 0.25) is 0 Å². The topological polar surface area (TPSA) is 48.9 Å². The second-order valence-corrected chi connectivity index (χ2v) is 12.7. The van der Waals surface area contributed by atoms with Gasteiger partial charge in [-0.25, -0.2) is 4.98 Å². The average Bonchev–Trinajstić information content (AvgIpc) is 3.54. The molecule has 218 valence electrons. The fraction of sp³-hybridized carbons (Fsp3) is 0.257. The first-order valence-corrected chi connectivity index (χ1v) is 16.5. The predicted molar refractivity (Wildman–Crippen MR) is 181 cm³/mol. The zero-order chi connectivity index (χ0) is 29.9. The van der Waals surface area contributed by atoms with Crippen LogP contribution in [0.3, 0.4) is 0 Å². The summed E-state index contributed by atoms with van der Waals surface area (Å²) in [6.07, 6.45) is 0. The molecule has 7 rings (SSSR count). The minimum atomic E-state index is -0.953. The summed E-state index contributed by atoms with van der Waals surface area (Å²) < 4.78 is 8.82. The summed E-state index contributed by atoms with van der Waals surface area (Å²) in [4.78, 5) is 26.2. The van der Waals surface area contributed by atoms with Gasteiger partial charge in [-0.2, -0.15) is 0 Å². The number of carbonyl (C=O) groups excluding carboxylic acids is 1. The van der Waals surface area contributed by atoms with Crippen molar-refractivity contribution in [2.75, 3.05) is 40.9 Å². The smallest absolute Gasteiger partial charge is 0.261 e. The first kappa shape index (κ1) is 27.9. The number of hydrogen-bond donors (Lipinski definition) is 0. The molecule has 2 aliphatic rings. The van der Waals surface area contributed by atoms with Crippen molar-refractivity contribution in [3.05, 3.63) is 106 Å². The zero-order valence-electron chi connectivity index (χ0n) is 24.7. The van der Waals surface area contributed by atoms with Crippen molar-refractivity contribution in [2.24, 2.45) is 0 Å². The van der Waals surface area contributed by atoms with E-state index in [1.807, 2.05) is 35.2 Å². The van der Waals surface area contributed by atoms with Crippen molar-refractivity contribution in [1.82, 2.24) is 4.98 Å². The van der Waals surface area contributed by atoms with Gasteiger partial charge in [0.25, 0.3) is 5.91 Å². The van der Waals surface area contributed by atoms with Crippen molar-refractivity contribution >= 4 is 59.9 Å². The molecule has 4 aromatic carbocycles. The van der Waals surface area contributed by atoms with Crippen molar-refractivity contribution in [3.63, 3.8) is 0 Å². The molecule has 0 saturated heterocycles. The predicted octanol–water partition coefficient (Wildman–Crippen LogP) is 8.81. The van der Waals surface area contributed by atoms with Crippen LogP contribution in [0.25, 0.3) is 10.2 Å². The van der Waals surface area contributed by atoms with Gasteiger partial charge in [-0.3, -0.25) is 9.69 Å². The Morgan fingerprint density at radius 3 is 2.00 bits per heavy atom. The second-order valence-electron chi connectivity index (χ2n) is 10.8. The van der Waals surface area contributed by atoms with Crippen LogP contribution >= 0.6 is 27.3 Å². The van der Waals surface area contributed by atoms with E-state index in [0.29, 0.717) is 10.7 Å². The van der Waals surface area contributed by atoms with Crippen molar-refractivity contribution in [3.8, 4) is 11.5 Å². The molecule has 0 N–H and O–H groups in total. The molecule has 0 unspecified atom stereocenters. The zero-order valence-corrected chi connectivity index (χ0v) is 27.1. The van der Waals surface area contributed by atoms with Gasteiger partial charge in [0, 0.05) is 76.4 Å². The van der Waals surface area contributed by atoms with Gasteiger partial charge in [-0.05, 0) is 64.1 Å². The number of nitrogens with zero attached hydrogens (tertiary/aromatic N) is 4. The third-order valence-corrected chi connectivity index (χ3v) is 10.3. The molecule has 3 heterocycles. The van der Waals surface area contributed by atoms with Gasteiger partial charge in [-0.15, -0.1) is 0 Å². The normalized spacial score (nSPS) is 14.4. The average molecular weight is 654 g/mol. The van der Waals surface area contributed by atoms with Crippen molar-refractivity contribution in [1.29, 1.82) is 0 Å². The Labute approximate surface area is 264 Å². The number of hydrogen-bond acceptors (Lipinski definition) is 6. The van der Waals surface area contributed by atoms with Gasteiger partial charge >= 0.3 is 0 Å². The molecule has 0 radical (unpaired) electrons. The van der Waals surface area contributed by atoms with Crippen LogP contribution in [0.2, 0.25) is 0 Å². The lowest BCUT2D eigenvalue weighted by atomic mass is 9.74. The summed E-state index contributed by atoms with van der Waals surface area (Å²) in [5.41, 5.74) is 5.59. The maximum absolute atomic E-state index is 14.6. The SMILES string of the molecule is CCN(CC)c1ccc2c(c1)Oc1cc(N(CC)CC)ccc1C21c2ccccc2C(=O)N1c1nc2ccc(Br)cc2s1. The maximum Gasteiger partial charge on any atom is 0.261 e. The molecule has 0 atom stereocenters. The number of thiazole rings is 1. The van der Waals surface area contributed by atoms with Crippen LogP contribution in [0.5, 0.6) is 11.5 Å². The summed E-state index contributed by atoms with van der Waals surface area (Å²) in [7, 11) is 0. The molecular weight excluding hydrogens is 620 g/mol. The quantitative estimate of drug-likeness (QED) is 0.176. The van der Waals surface area contributed by atoms with E-state index in [0.717, 1.165) is 80.4 Å². The number of anilines is 3. The highest BCUT2D eigenvalue weighted by atomic mass is 79.9. The summed E-state index contributed by atoms with van der Waals surface area (Å²) >= 11 is 5.14. The highest BCUT2D eigenvalue weighted by Crippen LogP contribution is 2.59. The molecule has 0 saturated carbocycles. The van der Waals surface area contributed by atoms with Crippen LogP contribution in [0.15, 0.2) is 83.3 Å². The highest BCUT2D eigenvalue weighted by Gasteiger charge is 2.58. The van der Waals surface area contributed by atoms with Gasteiger partial charge in [-0.1, -0.05) is 57.6 Å². The van der Waals surface area contributed by atoms with Crippen LogP contribution in [-0.4, -0.2) is 37.1 Å². The van der Waals surface area contributed by atoms with E-state index < -0.39 is 5.54 Å². The molecule has 1 amide bonds. The molecule has 0 fully saturated rings. The molecule has 2 aliphatic heterocycles. The Bertz CT molecular complexity index is 1820. The van der Waals surface area contributed by atoms with Gasteiger partial charge < -0.3 is 14.5 Å². The van der Waals surface area contributed by atoms with Crippen LogP contribution in [0, 0.1) is 0 Å². The Morgan fingerprint density at radius 2 is 1.40 bits per heavy atom. The summed E-state index contributed by atoms with van der Waals surface area (Å²) in [6, 6.07) is 26.9. The van der Waals surface area contributed by atoms with E-state index in [1.54, 1.807) is 0 Å². The minimum absolute atomic E-state index is 0.0619. The maximum atomic E-state index is 14.6. The lowest BCUT2D eigenvalue weighted by Gasteiger charge is -2.43. The number of rotatable bonds is 7. The van der Waals surface area contributed by atoms with Crippen LogP contribution < -0.4 is 19.4 Å². The number of benzene rings is 4. The Morgan fingerprint density at radius 1 is 0.791 bits per heavy atom. The summed E-state index contributed by atoms with van der Waals surface area (Å²) in [5, 5.41) is 0.661. The summed E-state index contributed by atoms with van der Waals surface area (Å²) in [5.74, 6) is 1.45. The van der Waals surface area contributed by atoms with E-state index in [4.69, 9.17) is 9.72 Å². The van der Waals surface area contributed by atoms with E-state index in [-0.39, 0.29) is 5.91 Å². The molecular formula is C35H33BrN4O2S. The molecule has 6 nitrogen and oxygen atoms in total. The lowest BCUT2D eigenvalue weighted by molar-refractivity contribution is 0.0985.